The highest BCUT2D eigenvalue weighted by Gasteiger charge is 2.48. The molecule has 0 N–H and O–H groups in total. The fourth-order valence-corrected chi connectivity index (χ4v) is 5.55. The lowest BCUT2D eigenvalue weighted by Gasteiger charge is -2.18. The molecule has 2 amide bonds. The van der Waals surface area contributed by atoms with Crippen molar-refractivity contribution >= 4 is 76.3 Å². The predicted molar refractivity (Wildman–Crippen MR) is 95.5 cm³/mol. The van der Waals surface area contributed by atoms with Crippen molar-refractivity contribution in [3.05, 3.63) is 55.4 Å². The highest BCUT2D eigenvalue weighted by atomic mass is 79.9. The molecular weight excluding hydrogens is 452 g/mol. The van der Waals surface area contributed by atoms with Crippen LogP contribution in [0.4, 0.5) is 10.0 Å². The topological polar surface area (TPSA) is 40.6 Å². The number of amides is 2. The Morgan fingerprint density at radius 2 is 1.18 bits per heavy atom. The minimum absolute atomic E-state index is 0.205. The fourth-order valence-electron chi connectivity index (χ4n) is 2.41. The zero-order valence-electron chi connectivity index (χ0n) is 10.7. The molecule has 2 aromatic rings. The number of hydrogen-bond acceptors (Lipinski definition) is 4. The molecule has 0 aromatic carbocycles. The smallest absolute Gasteiger partial charge is 0.267 e. The Morgan fingerprint density at radius 3 is 1.50 bits per heavy atom. The molecule has 0 fully saturated rings. The summed E-state index contributed by atoms with van der Waals surface area (Å²) in [6.45, 7) is 0. The van der Waals surface area contributed by atoms with Crippen LogP contribution in [0, 0.1) is 0 Å². The van der Waals surface area contributed by atoms with E-state index in [1.165, 1.54) is 32.5 Å². The maximum atomic E-state index is 12.8. The molecule has 4 nitrogen and oxygen atoms in total. The number of carbonyl (C=O) groups excluding carboxylic acids is 2. The Bertz CT molecular complexity index is 781. The number of fused-ring (bicyclic) bond motifs is 1. The molecule has 0 spiro atoms. The highest BCUT2D eigenvalue weighted by Crippen LogP contribution is 2.48. The van der Waals surface area contributed by atoms with Crippen molar-refractivity contribution < 1.29 is 9.59 Å². The van der Waals surface area contributed by atoms with Crippen molar-refractivity contribution in [2.24, 2.45) is 0 Å². The number of halogens is 2. The van der Waals surface area contributed by atoms with E-state index in [0.717, 1.165) is 10.0 Å². The van der Waals surface area contributed by atoms with Crippen molar-refractivity contribution in [1.82, 2.24) is 0 Å². The van der Waals surface area contributed by atoms with Crippen LogP contribution in [0.15, 0.2) is 55.4 Å². The zero-order chi connectivity index (χ0) is 15.4. The summed E-state index contributed by atoms with van der Waals surface area (Å²) >= 11 is 9.74. The van der Waals surface area contributed by atoms with Crippen LogP contribution >= 0.6 is 54.5 Å². The Balaban J connectivity index is 1.87. The van der Waals surface area contributed by atoms with Crippen LogP contribution in [-0.4, -0.2) is 11.8 Å². The molecule has 2 aliphatic heterocycles. The molecule has 2 aromatic heterocycles. The van der Waals surface area contributed by atoms with E-state index >= 15 is 0 Å². The standard InChI is InChI=1S/C14H6Br2N2O2S2/c15-11-9-10(13(19)17(11)7-3-1-5-21-7)12(16)18(14(9)20)8-4-2-6-22-8/h1-6H. The van der Waals surface area contributed by atoms with E-state index in [4.69, 9.17) is 0 Å². The van der Waals surface area contributed by atoms with Gasteiger partial charge in [-0.2, -0.15) is 0 Å². The maximum absolute atomic E-state index is 12.8. The minimum atomic E-state index is -0.205. The van der Waals surface area contributed by atoms with Gasteiger partial charge in [0.1, 0.15) is 19.2 Å². The normalized spacial score (nSPS) is 18.1. The Morgan fingerprint density at radius 1 is 0.773 bits per heavy atom. The first-order valence-electron chi connectivity index (χ1n) is 6.17. The molecule has 0 saturated carbocycles. The van der Waals surface area contributed by atoms with Crippen LogP contribution in [0.5, 0.6) is 0 Å². The third kappa shape index (κ3) is 1.84. The predicted octanol–water partition coefficient (Wildman–Crippen LogP) is 4.42. The lowest BCUT2D eigenvalue weighted by atomic mass is 10.2. The first-order valence-corrected chi connectivity index (χ1v) is 9.51. The first kappa shape index (κ1) is 14.4. The molecular formula is C14H6Br2N2O2S2. The van der Waals surface area contributed by atoms with Crippen molar-refractivity contribution in [2.75, 3.05) is 9.80 Å². The number of hydrogen-bond donors (Lipinski definition) is 0. The van der Waals surface area contributed by atoms with E-state index in [-0.39, 0.29) is 11.8 Å². The van der Waals surface area contributed by atoms with Crippen molar-refractivity contribution in [1.29, 1.82) is 0 Å². The van der Waals surface area contributed by atoms with Crippen LogP contribution < -0.4 is 9.80 Å². The number of rotatable bonds is 2. The largest absolute Gasteiger partial charge is 0.268 e. The van der Waals surface area contributed by atoms with Gasteiger partial charge in [-0.15, -0.1) is 22.7 Å². The second-order valence-corrected chi connectivity index (χ2v) is 7.87. The summed E-state index contributed by atoms with van der Waals surface area (Å²) in [7, 11) is 0. The quantitative estimate of drug-likeness (QED) is 0.626. The van der Waals surface area contributed by atoms with Crippen LogP contribution in [-0.2, 0) is 9.59 Å². The number of carbonyl (C=O) groups is 2. The second-order valence-electron chi connectivity index (χ2n) is 4.52. The summed E-state index contributed by atoms with van der Waals surface area (Å²) in [5.41, 5.74) is 0.803. The average Bonchev–Trinajstić information content (AvgIpc) is 3.21. The molecule has 110 valence electrons. The third-order valence-electron chi connectivity index (χ3n) is 3.34. The van der Waals surface area contributed by atoms with Gasteiger partial charge in [0.05, 0.1) is 11.1 Å². The first-order chi connectivity index (χ1) is 10.6. The van der Waals surface area contributed by atoms with E-state index < -0.39 is 0 Å². The van der Waals surface area contributed by atoms with Gasteiger partial charge in [-0.25, -0.2) is 0 Å². The Labute approximate surface area is 150 Å². The SMILES string of the molecule is O=C1C2=C(Br)N(c3cccs3)C(=O)C2=C(Br)N1c1cccs1. The number of nitrogens with zero attached hydrogens (tertiary/aromatic N) is 2. The molecule has 0 unspecified atom stereocenters. The molecule has 0 atom stereocenters. The Kier molecular flexibility index (Phi) is 3.37. The van der Waals surface area contributed by atoms with Gasteiger partial charge in [-0.3, -0.25) is 19.4 Å². The Hall–Kier alpha value is -1.22. The minimum Gasteiger partial charge on any atom is -0.268 e. The summed E-state index contributed by atoms with van der Waals surface area (Å²) in [4.78, 5) is 28.6. The monoisotopic (exact) mass is 456 g/mol. The molecule has 8 heteroatoms. The van der Waals surface area contributed by atoms with Gasteiger partial charge >= 0.3 is 0 Å². The molecule has 2 aliphatic rings. The number of anilines is 2. The summed E-state index contributed by atoms with van der Waals surface area (Å²) in [5, 5.41) is 5.35. The average molecular weight is 458 g/mol. The van der Waals surface area contributed by atoms with Crippen LogP contribution in [0.2, 0.25) is 0 Å². The molecule has 22 heavy (non-hydrogen) atoms. The summed E-state index contributed by atoms with van der Waals surface area (Å²) in [6.07, 6.45) is 0. The fraction of sp³-hybridized carbons (Fsp3) is 0. The van der Waals surface area contributed by atoms with Gasteiger partial charge in [-0.05, 0) is 66.9 Å². The zero-order valence-corrected chi connectivity index (χ0v) is 15.6. The van der Waals surface area contributed by atoms with E-state index in [9.17, 15) is 9.59 Å². The van der Waals surface area contributed by atoms with Gasteiger partial charge in [0, 0.05) is 0 Å². The lowest BCUT2D eigenvalue weighted by Crippen LogP contribution is -2.27. The van der Waals surface area contributed by atoms with Gasteiger partial charge in [0.15, 0.2) is 0 Å². The molecule has 0 bridgehead atoms. The summed E-state index contributed by atoms with van der Waals surface area (Å²) in [6, 6.07) is 7.44. The van der Waals surface area contributed by atoms with E-state index in [0.29, 0.717) is 20.4 Å². The second kappa shape index (κ2) is 5.16. The van der Waals surface area contributed by atoms with E-state index in [1.54, 1.807) is 0 Å². The number of thiophene rings is 2. The van der Waals surface area contributed by atoms with Crippen molar-refractivity contribution in [3.8, 4) is 0 Å². The van der Waals surface area contributed by atoms with Gasteiger partial charge in [-0.1, -0.05) is 0 Å². The van der Waals surface area contributed by atoms with Crippen LogP contribution in [0.1, 0.15) is 0 Å². The maximum Gasteiger partial charge on any atom is 0.267 e. The third-order valence-corrected chi connectivity index (χ3v) is 6.55. The molecule has 4 rings (SSSR count). The molecule has 0 saturated heterocycles. The summed E-state index contributed by atoms with van der Waals surface area (Å²) < 4.78 is 0.993. The van der Waals surface area contributed by atoms with Crippen molar-refractivity contribution in [3.63, 3.8) is 0 Å². The highest BCUT2D eigenvalue weighted by molar-refractivity contribution is 9.12. The van der Waals surface area contributed by atoms with Crippen molar-refractivity contribution in [2.45, 2.75) is 0 Å². The lowest BCUT2D eigenvalue weighted by molar-refractivity contribution is -0.115. The van der Waals surface area contributed by atoms with E-state index in [2.05, 4.69) is 31.9 Å². The molecule has 4 heterocycles. The summed E-state index contributed by atoms with van der Waals surface area (Å²) in [5.74, 6) is -0.410. The van der Waals surface area contributed by atoms with Gasteiger partial charge < -0.3 is 0 Å². The van der Waals surface area contributed by atoms with Crippen LogP contribution in [0.3, 0.4) is 0 Å². The molecule has 0 aliphatic carbocycles. The van der Waals surface area contributed by atoms with Gasteiger partial charge in [0.2, 0.25) is 0 Å². The van der Waals surface area contributed by atoms with E-state index in [1.807, 2.05) is 35.0 Å². The van der Waals surface area contributed by atoms with Crippen LogP contribution in [0.25, 0.3) is 0 Å². The molecule has 0 radical (unpaired) electrons. The van der Waals surface area contributed by atoms with Gasteiger partial charge in [0.25, 0.3) is 11.8 Å².